The summed E-state index contributed by atoms with van der Waals surface area (Å²) in [6.45, 7) is 6.57. The SMILES string of the molecule is CCC(C)(C)c1ccc(C(Br)c2cc(F)cc(F)c2)cc1. The van der Waals surface area contributed by atoms with Gasteiger partial charge in [0.2, 0.25) is 0 Å². The molecule has 0 N–H and O–H groups in total. The molecule has 2 aromatic carbocycles. The van der Waals surface area contributed by atoms with Crippen LogP contribution in [0.15, 0.2) is 42.5 Å². The van der Waals surface area contributed by atoms with Crippen molar-refractivity contribution in [1.29, 1.82) is 0 Å². The minimum absolute atomic E-state index is 0.130. The highest BCUT2D eigenvalue weighted by molar-refractivity contribution is 9.09. The van der Waals surface area contributed by atoms with Gasteiger partial charge in [0.1, 0.15) is 11.6 Å². The second-order valence-corrected chi connectivity index (χ2v) is 6.84. The Morgan fingerprint density at radius 3 is 1.95 bits per heavy atom. The fraction of sp³-hybridized carbons (Fsp3) is 0.333. The van der Waals surface area contributed by atoms with Gasteiger partial charge in [-0.3, -0.25) is 0 Å². The Bertz CT molecular complexity index is 597. The van der Waals surface area contributed by atoms with Crippen molar-refractivity contribution in [2.75, 3.05) is 0 Å². The number of hydrogen-bond acceptors (Lipinski definition) is 0. The largest absolute Gasteiger partial charge is 0.207 e. The highest BCUT2D eigenvalue weighted by Crippen LogP contribution is 2.34. The molecule has 0 nitrogen and oxygen atoms in total. The summed E-state index contributed by atoms with van der Waals surface area (Å²) in [5.74, 6) is -1.11. The molecule has 0 aromatic heterocycles. The summed E-state index contributed by atoms with van der Waals surface area (Å²) in [5.41, 5.74) is 2.95. The van der Waals surface area contributed by atoms with E-state index in [1.165, 1.54) is 17.7 Å². The number of halogens is 3. The summed E-state index contributed by atoms with van der Waals surface area (Å²) >= 11 is 3.52. The van der Waals surface area contributed by atoms with Gasteiger partial charge in [-0.15, -0.1) is 0 Å². The van der Waals surface area contributed by atoms with Gasteiger partial charge in [-0.25, -0.2) is 8.78 Å². The van der Waals surface area contributed by atoms with Gasteiger partial charge < -0.3 is 0 Å². The van der Waals surface area contributed by atoms with Crippen molar-refractivity contribution in [2.45, 2.75) is 37.4 Å². The zero-order chi connectivity index (χ0) is 15.6. The Hall–Kier alpha value is -1.22. The van der Waals surface area contributed by atoms with E-state index in [1.54, 1.807) is 0 Å². The second kappa shape index (κ2) is 6.27. The highest BCUT2D eigenvalue weighted by atomic mass is 79.9. The third kappa shape index (κ3) is 3.70. The minimum Gasteiger partial charge on any atom is -0.207 e. The van der Waals surface area contributed by atoms with Gasteiger partial charge >= 0.3 is 0 Å². The predicted octanol–water partition coefficient (Wildman–Crippen LogP) is 6.14. The summed E-state index contributed by atoms with van der Waals surface area (Å²) < 4.78 is 26.6. The molecule has 0 radical (unpaired) electrons. The van der Waals surface area contributed by atoms with E-state index in [9.17, 15) is 8.78 Å². The molecule has 0 amide bonds. The number of hydrogen-bond donors (Lipinski definition) is 0. The van der Waals surface area contributed by atoms with Crippen LogP contribution in [0.5, 0.6) is 0 Å². The van der Waals surface area contributed by atoms with Crippen LogP contribution in [0.2, 0.25) is 0 Å². The molecule has 0 saturated carbocycles. The molecule has 3 heteroatoms. The predicted molar refractivity (Wildman–Crippen MR) is 86.9 cm³/mol. The number of benzene rings is 2. The molecule has 0 fully saturated rings. The fourth-order valence-electron chi connectivity index (χ4n) is 2.22. The third-order valence-corrected chi connectivity index (χ3v) is 5.10. The molecule has 2 aromatic rings. The van der Waals surface area contributed by atoms with Gasteiger partial charge in [-0.05, 0) is 40.7 Å². The molecule has 0 bridgehead atoms. The maximum Gasteiger partial charge on any atom is 0.126 e. The first-order chi connectivity index (χ1) is 9.83. The summed E-state index contributed by atoms with van der Waals surface area (Å²) in [4.78, 5) is -0.221. The molecule has 1 unspecified atom stereocenters. The van der Waals surface area contributed by atoms with E-state index in [1.807, 2.05) is 12.1 Å². The zero-order valence-corrected chi connectivity index (χ0v) is 14.0. The van der Waals surface area contributed by atoms with Crippen LogP contribution in [-0.2, 0) is 5.41 Å². The van der Waals surface area contributed by atoms with Crippen LogP contribution in [0.1, 0.15) is 48.7 Å². The van der Waals surface area contributed by atoms with Gasteiger partial charge in [0.05, 0.1) is 4.83 Å². The molecule has 2 rings (SSSR count). The van der Waals surface area contributed by atoms with Crippen LogP contribution in [0.4, 0.5) is 8.78 Å². The van der Waals surface area contributed by atoms with Crippen molar-refractivity contribution in [2.24, 2.45) is 0 Å². The van der Waals surface area contributed by atoms with E-state index < -0.39 is 11.6 Å². The monoisotopic (exact) mass is 352 g/mol. The van der Waals surface area contributed by atoms with E-state index in [4.69, 9.17) is 0 Å². The van der Waals surface area contributed by atoms with E-state index in [2.05, 4.69) is 48.8 Å². The summed E-state index contributed by atoms with van der Waals surface area (Å²) in [7, 11) is 0. The fourth-order valence-corrected chi connectivity index (χ4v) is 2.79. The van der Waals surface area contributed by atoms with Crippen molar-refractivity contribution in [3.63, 3.8) is 0 Å². The first-order valence-electron chi connectivity index (χ1n) is 7.04. The first-order valence-corrected chi connectivity index (χ1v) is 7.95. The first kappa shape index (κ1) is 16.2. The van der Waals surface area contributed by atoms with Crippen molar-refractivity contribution >= 4 is 15.9 Å². The van der Waals surface area contributed by atoms with Crippen LogP contribution in [0.25, 0.3) is 0 Å². The van der Waals surface area contributed by atoms with Crippen molar-refractivity contribution in [1.82, 2.24) is 0 Å². The van der Waals surface area contributed by atoms with Crippen LogP contribution >= 0.6 is 15.9 Å². The molecule has 0 aliphatic rings. The van der Waals surface area contributed by atoms with Gasteiger partial charge in [-0.1, -0.05) is 61.0 Å². The van der Waals surface area contributed by atoms with Crippen molar-refractivity contribution in [3.8, 4) is 0 Å². The van der Waals surface area contributed by atoms with Gasteiger partial charge in [-0.2, -0.15) is 0 Å². The highest BCUT2D eigenvalue weighted by Gasteiger charge is 2.19. The smallest absolute Gasteiger partial charge is 0.126 e. The Kier molecular flexibility index (Phi) is 4.82. The third-order valence-electron chi connectivity index (χ3n) is 4.05. The summed E-state index contributed by atoms with van der Waals surface area (Å²) in [5, 5.41) is 0. The lowest BCUT2D eigenvalue weighted by Gasteiger charge is -2.24. The Morgan fingerprint density at radius 1 is 0.952 bits per heavy atom. The van der Waals surface area contributed by atoms with Crippen LogP contribution < -0.4 is 0 Å². The lowest BCUT2D eigenvalue weighted by atomic mass is 9.82. The lowest BCUT2D eigenvalue weighted by Crippen LogP contribution is -2.15. The molecule has 112 valence electrons. The van der Waals surface area contributed by atoms with Gasteiger partial charge in [0.25, 0.3) is 0 Å². The second-order valence-electron chi connectivity index (χ2n) is 5.92. The van der Waals surface area contributed by atoms with E-state index in [0.717, 1.165) is 18.1 Å². The molecule has 1 atom stereocenters. The molecule has 21 heavy (non-hydrogen) atoms. The van der Waals surface area contributed by atoms with Gasteiger partial charge in [0, 0.05) is 6.07 Å². The molecular formula is C18H19BrF2. The topological polar surface area (TPSA) is 0 Å². The van der Waals surface area contributed by atoms with Crippen molar-refractivity contribution in [3.05, 3.63) is 70.8 Å². The van der Waals surface area contributed by atoms with E-state index >= 15 is 0 Å². The number of rotatable bonds is 4. The van der Waals surface area contributed by atoms with E-state index in [-0.39, 0.29) is 10.2 Å². The molecule has 0 aliphatic heterocycles. The zero-order valence-electron chi connectivity index (χ0n) is 12.5. The minimum atomic E-state index is -0.557. The standard InChI is InChI=1S/C18H19BrF2/c1-4-18(2,3)14-7-5-12(6-8-14)17(19)13-9-15(20)11-16(21)10-13/h5-11,17H,4H2,1-3H3. The van der Waals surface area contributed by atoms with Crippen LogP contribution in [0, 0.1) is 11.6 Å². The Labute approximate surface area is 133 Å². The molecule has 0 spiro atoms. The average molecular weight is 353 g/mol. The maximum absolute atomic E-state index is 13.3. The quantitative estimate of drug-likeness (QED) is 0.580. The summed E-state index contributed by atoms with van der Waals surface area (Å²) in [6.07, 6.45) is 1.05. The molecule has 0 aliphatic carbocycles. The Balaban J connectivity index is 2.30. The molecule has 0 saturated heterocycles. The lowest BCUT2D eigenvalue weighted by molar-refractivity contribution is 0.506. The summed E-state index contributed by atoms with van der Waals surface area (Å²) in [6, 6.07) is 11.8. The van der Waals surface area contributed by atoms with Gasteiger partial charge in [0.15, 0.2) is 0 Å². The number of alkyl halides is 1. The van der Waals surface area contributed by atoms with Crippen LogP contribution in [-0.4, -0.2) is 0 Å². The maximum atomic E-state index is 13.3. The Morgan fingerprint density at radius 2 is 1.48 bits per heavy atom. The van der Waals surface area contributed by atoms with Crippen molar-refractivity contribution < 1.29 is 8.78 Å². The average Bonchev–Trinajstić information content (AvgIpc) is 2.45. The molecule has 0 heterocycles. The van der Waals surface area contributed by atoms with E-state index in [0.29, 0.717) is 5.56 Å². The molecular weight excluding hydrogens is 334 g/mol. The van der Waals surface area contributed by atoms with Crippen LogP contribution in [0.3, 0.4) is 0 Å². The normalized spacial score (nSPS) is 13.2.